The number of halogens is 1. The van der Waals surface area contributed by atoms with E-state index in [1.165, 1.54) is 57.7 Å². The minimum atomic E-state index is -4.04. The van der Waals surface area contributed by atoms with Gasteiger partial charge in [0.2, 0.25) is 0 Å². The summed E-state index contributed by atoms with van der Waals surface area (Å²) in [6.07, 6.45) is 0. The molecule has 0 aliphatic rings. The molecule has 7 nitrogen and oxygen atoms in total. The van der Waals surface area contributed by atoms with E-state index in [2.05, 4.69) is 4.74 Å². The van der Waals surface area contributed by atoms with E-state index in [9.17, 15) is 13.2 Å². The Hall–Kier alpha value is -2.45. The van der Waals surface area contributed by atoms with E-state index in [4.69, 9.17) is 21.1 Å². The Morgan fingerprint density at radius 1 is 1.00 bits per heavy atom. The molecule has 0 amide bonds. The van der Waals surface area contributed by atoms with E-state index in [1.807, 2.05) is 0 Å². The van der Waals surface area contributed by atoms with Gasteiger partial charge in [0.1, 0.15) is 6.54 Å². The van der Waals surface area contributed by atoms with Crippen molar-refractivity contribution in [2.24, 2.45) is 0 Å². The molecule has 26 heavy (non-hydrogen) atoms. The first kappa shape index (κ1) is 19.9. The number of methoxy groups -OCH3 is 3. The van der Waals surface area contributed by atoms with E-state index < -0.39 is 22.5 Å². The van der Waals surface area contributed by atoms with Crippen LogP contribution in [0.25, 0.3) is 0 Å². The van der Waals surface area contributed by atoms with Gasteiger partial charge in [-0.25, -0.2) is 8.42 Å². The maximum Gasteiger partial charge on any atom is 0.326 e. The number of hydrogen-bond acceptors (Lipinski definition) is 6. The molecule has 140 valence electrons. The van der Waals surface area contributed by atoms with E-state index in [0.29, 0.717) is 16.5 Å². The molecule has 0 fully saturated rings. The van der Waals surface area contributed by atoms with Crippen LogP contribution in [0, 0.1) is 0 Å². The molecule has 0 saturated carbocycles. The maximum absolute atomic E-state index is 13.1. The Morgan fingerprint density at radius 2 is 1.62 bits per heavy atom. The first-order valence-corrected chi connectivity index (χ1v) is 9.22. The minimum absolute atomic E-state index is 0.0133. The first-order chi connectivity index (χ1) is 12.3. The molecule has 0 saturated heterocycles. The molecule has 0 heterocycles. The maximum atomic E-state index is 13.1. The molecule has 2 aromatic carbocycles. The van der Waals surface area contributed by atoms with E-state index in [-0.39, 0.29) is 10.6 Å². The highest BCUT2D eigenvalue weighted by molar-refractivity contribution is 7.92. The largest absolute Gasteiger partial charge is 0.493 e. The van der Waals surface area contributed by atoms with Gasteiger partial charge < -0.3 is 14.2 Å². The fraction of sp³-hybridized carbons (Fsp3) is 0.235. The SMILES string of the molecule is COC(=O)CN(c1ccc(OC)c(OC)c1)S(=O)(=O)c1ccc(Cl)cc1. The van der Waals surface area contributed by atoms with Crippen LogP contribution in [-0.4, -0.2) is 42.3 Å². The Labute approximate surface area is 157 Å². The standard InChI is InChI=1S/C17H18ClNO6S/c1-23-15-9-6-13(10-16(15)24-2)19(11-17(20)25-3)26(21,22)14-7-4-12(18)5-8-14/h4-10H,11H2,1-3H3. The number of sulfonamides is 1. The zero-order valence-electron chi connectivity index (χ0n) is 14.4. The number of anilines is 1. The van der Waals surface area contributed by atoms with Gasteiger partial charge in [0.15, 0.2) is 11.5 Å². The van der Waals surface area contributed by atoms with E-state index >= 15 is 0 Å². The fourth-order valence-corrected chi connectivity index (χ4v) is 3.74. The molecule has 2 aromatic rings. The van der Waals surface area contributed by atoms with Crippen molar-refractivity contribution >= 4 is 33.3 Å². The third-order valence-corrected chi connectivity index (χ3v) is 5.60. The second-order valence-corrected chi connectivity index (χ2v) is 7.38. The van der Waals surface area contributed by atoms with Crippen molar-refractivity contribution in [3.63, 3.8) is 0 Å². The van der Waals surface area contributed by atoms with E-state index in [0.717, 1.165) is 4.31 Å². The zero-order chi connectivity index (χ0) is 19.3. The smallest absolute Gasteiger partial charge is 0.326 e. The van der Waals surface area contributed by atoms with Crippen LogP contribution in [0.3, 0.4) is 0 Å². The molecule has 0 aliphatic heterocycles. The van der Waals surface area contributed by atoms with Crippen molar-refractivity contribution in [1.29, 1.82) is 0 Å². The molecule has 0 atom stereocenters. The third-order valence-electron chi connectivity index (χ3n) is 3.56. The predicted octanol–water partition coefficient (Wildman–Crippen LogP) is 2.73. The quantitative estimate of drug-likeness (QED) is 0.666. The lowest BCUT2D eigenvalue weighted by Crippen LogP contribution is -2.36. The van der Waals surface area contributed by atoms with Crippen molar-refractivity contribution in [1.82, 2.24) is 0 Å². The number of ether oxygens (including phenoxy) is 3. The Balaban J connectivity index is 2.56. The molecule has 0 unspecified atom stereocenters. The van der Waals surface area contributed by atoms with Crippen LogP contribution in [0.15, 0.2) is 47.4 Å². The van der Waals surface area contributed by atoms with Gasteiger partial charge in [-0.15, -0.1) is 0 Å². The number of nitrogens with zero attached hydrogens (tertiary/aromatic N) is 1. The summed E-state index contributed by atoms with van der Waals surface area (Å²) in [5, 5.41) is 0.398. The predicted molar refractivity (Wildman–Crippen MR) is 97.5 cm³/mol. The van der Waals surface area contributed by atoms with Gasteiger partial charge in [-0.2, -0.15) is 0 Å². The summed E-state index contributed by atoms with van der Waals surface area (Å²) in [5.41, 5.74) is 0.225. The van der Waals surface area contributed by atoms with Crippen molar-refractivity contribution < 1.29 is 27.4 Å². The van der Waals surface area contributed by atoms with Crippen LogP contribution in [0.5, 0.6) is 11.5 Å². The van der Waals surface area contributed by atoms with Gasteiger partial charge in [-0.05, 0) is 36.4 Å². The molecular formula is C17H18ClNO6S. The van der Waals surface area contributed by atoms with Crippen molar-refractivity contribution in [3.8, 4) is 11.5 Å². The average Bonchev–Trinajstić information content (AvgIpc) is 2.65. The van der Waals surface area contributed by atoms with Gasteiger partial charge in [0.05, 0.1) is 31.9 Å². The number of carbonyl (C=O) groups is 1. The molecule has 0 N–H and O–H groups in total. The van der Waals surface area contributed by atoms with Gasteiger partial charge in [-0.3, -0.25) is 9.10 Å². The van der Waals surface area contributed by atoms with Crippen molar-refractivity contribution in [2.45, 2.75) is 4.90 Å². The topological polar surface area (TPSA) is 82.1 Å². The summed E-state index contributed by atoms with van der Waals surface area (Å²) >= 11 is 5.83. The Bertz CT molecular complexity index is 883. The number of rotatable bonds is 7. The summed E-state index contributed by atoms with van der Waals surface area (Å²) in [5.74, 6) is 0.0432. The van der Waals surface area contributed by atoms with Gasteiger partial charge in [0, 0.05) is 11.1 Å². The lowest BCUT2D eigenvalue weighted by atomic mass is 10.2. The normalized spacial score (nSPS) is 10.9. The van der Waals surface area contributed by atoms with Gasteiger partial charge in [-0.1, -0.05) is 11.6 Å². The van der Waals surface area contributed by atoms with Gasteiger partial charge >= 0.3 is 5.97 Å². The van der Waals surface area contributed by atoms with Crippen LogP contribution < -0.4 is 13.8 Å². The second kappa shape index (κ2) is 8.29. The Morgan fingerprint density at radius 3 is 2.15 bits per heavy atom. The lowest BCUT2D eigenvalue weighted by molar-refractivity contribution is -0.138. The van der Waals surface area contributed by atoms with Crippen LogP contribution in [0.1, 0.15) is 0 Å². The van der Waals surface area contributed by atoms with Crippen LogP contribution in [0.2, 0.25) is 5.02 Å². The average molecular weight is 400 g/mol. The lowest BCUT2D eigenvalue weighted by Gasteiger charge is -2.24. The number of carbonyl (C=O) groups excluding carboxylic acids is 1. The summed E-state index contributed by atoms with van der Waals surface area (Å²) in [6.45, 7) is -0.503. The van der Waals surface area contributed by atoms with Crippen LogP contribution in [0.4, 0.5) is 5.69 Å². The molecule has 9 heteroatoms. The molecule has 0 bridgehead atoms. The molecule has 0 radical (unpaired) electrons. The van der Waals surface area contributed by atoms with E-state index in [1.54, 1.807) is 6.07 Å². The van der Waals surface area contributed by atoms with Crippen molar-refractivity contribution in [2.75, 3.05) is 32.2 Å². The second-order valence-electron chi connectivity index (χ2n) is 5.08. The summed E-state index contributed by atoms with van der Waals surface area (Å²) in [6, 6.07) is 10.2. The molecular weight excluding hydrogens is 382 g/mol. The minimum Gasteiger partial charge on any atom is -0.493 e. The summed E-state index contributed by atoms with van der Waals surface area (Å²) in [7, 11) is 0.0384. The summed E-state index contributed by atoms with van der Waals surface area (Å²) < 4.78 is 42.0. The highest BCUT2D eigenvalue weighted by atomic mass is 35.5. The Kier molecular flexibility index (Phi) is 6.33. The number of benzene rings is 2. The summed E-state index contributed by atoms with van der Waals surface area (Å²) in [4.78, 5) is 11.8. The molecule has 2 rings (SSSR count). The zero-order valence-corrected chi connectivity index (χ0v) is 16.0. The van der Waals surface area contributed by atoms with Crippen LogP contribution >= 0.6 is 11.6 Å². The first-order valence-electron chi connectivity index (χ1n) is 7.40. The van der Waals surface area contributed by atoms with Crippen molar-refractivity contribution in [3.05, 3.63) is 47.5 Å². The molecule has 0 aromatic heterocycles. The number of hydrogen-bond donors (Lipinski definition) is 0. The van der Waals surface area contributed by atoms with Crippen LogP contribution in [-0.2, 0) is 19.6 Å². The molecule has 0 aliphatic carbocycles. The fourth-order valence-electron chi connectivity index (χ4n) is 2.21. The highest BCUT2D eigenvalue weighted by Crippen LogP contribution is 2.33. The van der Waals surface area contributed by atoms with Gasteiger partial charge in [0.25, 0.3) is 10.0 Å². The molecule has 0 spiro atoms. The highest BCUT2D eigenvalue weighted by Gasteiger charge is 2.28. The third kappa shape index (κ3) is 4.20. The monoisotopic (exact) mass is 399 g/mol. The number of esters is 1.